The van der Waals surface area contributed by atoms with Crippen LogP contribution in [0.4, 0.5) is 0 Å². The minimum absolute atomic E-state index is 0.465. The summed E-state index contributed by atoms with van der Waals surface area (Å²) in [6.07, 6.45) is 1.14. The van der Waals surface area contributed by atoms with E-state index in [2.05, 4.69) is 26.0 Å². The summed E-state index contributed by atoms with van der Waals surface area (Å²) in [5.41, 5.74) is 7.06. The molecule has 1 rings (SSSR count). The van der Waals surface area contributed by atoms with Crippen molar-refractivity contribution in [3.63, 3.8) is 0 Å². The maximum absolute atomic E-state index is 5.83. The fraction of sp³-hybridized carbons (Fsp3) is 0.500. The van der Waals surface area contributed by atoms with Gasteiger partial charge in [-0.15, -0.1) is 0 Å². The lowest BCUT2D eigenvalue weighted by Gasteiger charge is -2.17. The predicted molar refractivity (Wildman–Crippen MR) is 62.7 cm³/mol. The third-order valence-electron chi connectivity index (χ3n) is 2.38. The van der Waals surface area contributed by atoms with Crippen LogP contribution in [0.15, 0.2) is 24.3 Å². The first-order valence-electron chi connectivity index (χ1n) is 5.09. The van der Waals surface area contributed by atoms with Crippen LogP contribution in [0, 0.1) is 5.92 Å². The van der Waals surface area contributed by atoms with Gasteiger partial charge in [0.2, 0.25) is 0 Å². The van der Waals surface area contributed by atoms with Crippen molar-refractivity contribution in [3.8, 4) is 0 Å². The molecule has 0 spiro atoms. The summed E-state index contributed by atoms with van der Waals surface area (Å²) in [6.45, 7) is 5.15. The molecule has 0 saturated heterocycles. The van der Waals surface area contributed by atoms with E-state index in [1.807, 2.05) is 12.1 Å². The Morgan fingerprint density at radius 2 is 1.79 bits per heavy atom. The molecule has 0 saturated carbocycles. The summed E-state index contributed by atoms with van der Waals surface area (Å²) < 4.78 is 0. The molecular formula is C12H18ClN. The first-order valence-corrected chi connectivity index (χ1v) is 5.46. The number of halogens is 1. The van der Waals surface area contributed by atoms with Crippen molar-refractivity contribution in [1.82, 2.24) is 0 Å². The first kappa shape index (κ1) is 11.5. The average molecular weight is 212 g/mol. The first-order chi connectivity index (χ1) is 6.63. The molecule has 0 bridgehead atoms. The monoisotopic (exact) mass is 211 g/mol. The lowest BCUT2D eigenvalue weighted by Crippen LogP contribution is -2.14. The van der Waals surface area contributed by atoms with Gasteiger partial charge in [-0.2, -0.15) is 0 Å². The van der Waals surface area contributed by atoms with Crippen LogP contribution in [0.25, 0.3) is 0 Å². The lowest BCUT2D eigenvalue weighted by atomic mass is 9.90. The minimum Gasteiger partial charge on any atom is -0.330 e. The molecule has 14 heavy (non-hydrogen) atoms. The van der Waals surface area contributed by atoms with Crippen LogP contribution in [0.1, 0.15) is 31.7 Å². The average Bonchev–Trinajstić information content (AvgIpc) is 2.15. The summed E-state index contributed by atoms with van der Waals surface area (Å²) in [7, 11) is 0. The van der Waals surface area contributed by atoms with Gasteiger partial charge in [-0.25, -0.2) is 0 Å². The molecule has 0 radical (unpaired) electrons. The normalized spacial score (nSPS) is 13.2. The SMILES string of the molecule is CC(C)C[C@@H](CN)c1ccc(Cl)cc1. The highest BCUT2D eigenvalue weighted by Crippen LogP contribution is 2.23. The van der Waals surface area contributed by atoms with Crippen molar-refractivity contribution in [3.05, 3.63) is 34.9 Å². The van der Waals surface area contributed by atoms with E-state index in [9.17, 15) is 0 Å². The molecule has 1 atom stereocenters. The fourth-order valence-electron chi connectivity index (χ4n) is 1.67. The highest BCUT2D eigenvalue weighted by Gasteiger charge is 2.11. The number of hydrogen-bond donors (Lipinski definition) is 1. The van der Waals surface area contributed by atoms with Gasteiger partial charge in [0.05, 0.1) is 0 Å². The van der Waals surface area contributed by atoms with Crippen LogP contribution in [-0.2, 0) is 0 Å². The van der Waals surface area contributed by atoms with Gasteiger partial charge in [0.25, 0.3) is 0 Å². The molecule has 0 unspecified atom stereocenters. The van der Waals surface area contributed by atoms with E-state index < -0.39 is 0 Å². The number of hydrogen-bond acceptors (Lipinski definition) is 1. The maximum Gasteiger partial charge on any atom is 0.0406 e. The van der Waals surface area contributed by atoms with Gasteiger partial charge in [-0.1, -0.05) is 37.6 Å². The summed E-state index contributed by atoms with van der Waals surface area (Å²) in [4.78, 5) is 0. The van der Waals surface area contributed by atoms with Crippen LogP contribution in [-0.4, -0.2) is 6.54 Å². The molecule has 0 aliphatic carbocycles. The second kappa shape index (κ2) is 5.38. The van der Waals surface area contributed by atoms with E-state index in [1.54, 1.807) is 0 Å². The molecule has 0 amide bonds. The summed E-state index contributed by atoms with van der Waals surface area (Å²) in [6, 6.07) is 8.00. The molecule has 0 fully saturated rings. The molecule has 1 aromatic rings. The molecule has 2 N–H and O–H groups in total. The number of nitrogens with two attached hydrogens (primary N) is 1. The van der Waals surface area contributed by atoms with Crippen molar-refractivity contribution in [1.29, 1.82) is 0 Å². The van der Waals surface area contributed by atoms with Gasteiger partial charge in [0.1, 0.15) is 0 Å². The number of rotatable bonds is 4. The zero-order valence-electron chi connectivity index (χ0n) is 8.83. The van der Waals surface area contributed by atoms with Crippen molar-refractivity contribution < 1.29 is 0 Å². The Labute approximate surface area is 91.3 Å². The Morgan fingerprint density at radius 3 is 2.21 bits per heavy atom. The molecule has 78 valence electrons. The van der Waals surface area contributed by atoms with Crippen LogP contribution < -0.4 is 5.73 Å². The van der Waals surface area contributed by atoms with E-state index in [-0.39, 0.29) is 0 Å². The molecular weight excluding hydrogens is 194 g/mol. The largest absolute Gasteiger partial charge is 0.330 e. The van der Waals surface area contributed by atoms with Crippen molar-refractivity contribution in [2.45, 2.75) is 26.2 Å². The lowest BCUT2D eigenvalue weighted by molar-refractivity contribution is 0.504. The third kappa shape index (κ3) is 3.32. The van der Waals surface area contributed by atoms with Crippen LogP contribution >= 0.6 is 11.6 Å². The van der Waals surface area contributed by atoms with E-state index in [0.717, 1.165) is 11.4 Å². The molecule has 0 aliphatic rings. The predicted octanol–water partition coefficient (Wildman–Crippen LogP) is 3.43. The second-order valence-corrected chi connectivity index (χ2v) is 4.55. The topological polar surface area (TPSA) is 26.0 Å². The van der Waals surface area contributed by atoms with Gasteiger partial charge in [0.15, 0.2) is 0 Å². The fourth-order valence-corrected chi connectivity index (χ4v) is 1.80. The Hall–Kier alpha value is -0.530. The quantitative estimate of drug-likeness (QED) is 0.812. The van der Waals surface area contributed by atoms with Crippen molar-refractivity contribution >= 4 is 11.6 Å². The smallest absolute Gasteiger partial charge is 0.0406 e. The summed E-state index contributed by atoms with van der Waals surface area (Å²) in [5, 5.41) is 0.786. The van der Waals surface area contributed by atoms with Crippen LogP contribution in [0.2, 0.25) is 5.02 Å². The summed E-state index contributed by atoms with van der Waals surface area (Å²) >= 11 is 5.83. The molecule has 1 nitrogen and oxygen atoms in total. The third-order valence-corrected chi connectivity index (χ3v) is 2.63. The van der Waals surface area contributed by atoms with Crippen molar-refractivity contribution in [2.75, 3.05) is 6.54 Å². The maximum atomic E-state index is 5.83. The second-order valence-electron chi connectivity index (χ2n) is 4.11. The highest BCUT2D eigenvalue weighted by molar-refractivity contribution is 6.30. The zero-order valence-corrected chi connectivity index (χ0v) is 9.59. The van der Waals surface area contributed by atoms with Gasteiger partial charge in [0, 0.05) is 5.02 Å². The Morgan fingerprint density at radius 1 is 1.21 bits per heavy atom. The van der Waals surface area contributed by atoms with Crippen LogP contribution in [0.5, 0.6) is 0 Å². The van der Waals surface area contributed by atoms with E-state index in [4.69, 9.17) is 17.3 Å². The standard InChI is InChI=1S/C12H18ClN/c1-9(2)7-11(8-14)10-3-5-12(13)6-4-10/h3-6,9,11H,7-8,14H2,1-2H3/t11-/m0/s1. The van der Waals surface area contributed by atoms with E-state index in [0.29, 0.717) is 18.4 Å². The highest BCUT2D eigenvalue weighted by atomic mass is 35.5. The summed E-state index contributed by atoms with van der Waals surface area (Å²) in [5.74, 6) is 1.14. The van der Waals surface area contributed by atoms with Gasteiger partial charge < -0.3 is 5.73 Å². The zero-order chi connectivity index (χ0) is 10.6. The number of benzene rings is 1. The molecule has 0 aliphatic heterocycles. The van der Waals surface area contributed by atoms with Gasteiger partial charge in [-0.05, 0) is 42.5 Å². The van der Waals surface area contributed by atoms with Gasteiger partial charge in [-0.3, -0.25) is 0 Å². The Bertz CT molecular complexity index is 266. The van der Waals surface area contributed by atoms with E-state index >= 15 is 0 Å². The van der Waals surface area contributed by atoms with Crippen LogP contribution in [0.3, 0.4) is 0 Å². The van der Waals surface area contributed by atoms with E-state index in [1.165, 1.54) is 5.56 Å². The minimum atomic E-state index is 0.465. The molecule has 2 heteroatoms. The molecule has 0 aromatic heterocycles. The van der Waals surface area contributed by atoms with Gasteiger partial charge >= 0.3 is 0 Å². The van der Waals surface area contributed by atoms with Crippen molar-refractivity contribution in [2.24, 2.45) is 11.7 Å². The Kier molecular flexibility index (Phi) is 4.43. The molecule has 1 aromatic carbocycles. The Balaban J connectivity index is 2.73. The molecule has 0 heterocycles.